The summed E-state index contributed by atoms with van der Waals surface area (Å²) in [6.07, 6.45) is 4.40. The number of imidazole rings is 1. The van der Waals surface area contributed by atoms with Crippen LogP contribution in [-0.4, -0.2) is 28.2 Å². The Morgan fingerprint density at radius 3 is 3.06 bits per heavy atom. The predicted octanol–water partition coefficient (Wildman–Crippen LogP) is 2.20. The molecule has 0 spiro atoms. The average molecular weight is 265 g/mol. The summed E-state index contributed by atoms with van der Waals surface area (Å²) in [6.45, 7) is 2.03. The van der Waals surface area contributed by atoms with Crippen LogP contribution >= 0.6 is 11.3 Å². The van der Waals surface area contributed by atoms with E-state index in [2.05, 4.69) is 10.3 Å². The zero-order valence-corrected chi connectivity index (χ0v) is 10.4. The largest absolute Gasteiger partial charge is 0.462 e. The quantitative estimate of drug-likeness (QED) is 0.863. The number of nitrogens with one attached hydrogen (secondary N) is 1. The molecule has 0 bridgehead atoms. The van der Waals surface area contributed by atoms with Gasteiger partial charge in [-0.3, -0.25) is 9.88 Å². The SMILES string of the molecule is CCOC(=O)c1ccsc1NC(=O)n1ccnc1. The van der Waals surface area contributed by atoms with Crippen molar-refractivity contribution in [1.82, 2.24) is 9.55 Å². The summed E-state index contributed by atoms with van der Waals surface area (Å²) < 4.78 is 6.18. The number of anilines is 1. The van der Waals surface area contributed by atoms with Gasteiger partial charge in [-0.15, -0.1) is 11.3 Å². The maximum atomic E-state index is 11.8. The highest BCUT2D eigenvalue weighted by Crippen LogP contribution is 2.24. The molecule has 0 unspecified atom stereocenters. The van der Waals surface area contributed by atoms with Crippen LogP contribution in [0.2, 0.25) is 0 Å². The number of carbonyl (C=O) groups is 2. The van der Waals surface area contributed by atoms with Gasteiger partial charge in [-0.25, -0.2) is 14.6 Å². The van der Waals surface area contributed by atoms with Crippen LogP contribution in [0.15, 0.2) is 30.2 Å². The smallest absolute Gasteiger partial charge is 0.341 e. The van der Waals surface area contributed by atoms with E-state index in [1.165, 1.54) is 34.6 Å². The second-order valence-electron chi connectivity index (χ2n) is 3.28. The fraction of sp³-hybridized carbons (Fsp3) is 0.182. The van der Waals surface area contributed by atoms with E-state index in [9.17, 15) is 9.59 Å². The van der Waals surface area contributed by atoms with E-state index in [-0.39, 0.29) is 6.03 Å². The van der Waals surface area contributed by atoms with Crippen LogP contribution in [0, 0.1) is 0 Å². The molecule has 18 heavy (non-hydrogen) atoms. The summed E-state index contributed by atoms with van der Waals surface area (Å²) in [5.74, 6) is -0.445. The van der Waals surface area contributed by atoms with Gasteiger partial charge in [0, 0.05) is 12.4 Å². The highest BCUT2D eigenvalue weighted by atomic mass is 32.1. The summed E-state index contributed by atoms with van der Waals surface area (Å²) in [5, 5.41) is 4.82. The second kappa shape index (κ2) is 5.46. The van der Waals surface area contributed by atoms with Gasteiger partial charge in [0.05, 0.1) is 12.2 Å². The Bertz CT molecular complexity index is 548. The molecule has 1 N–H and O–H groups in total. The van der Waals surface area contributed by atoms with Crippen LogP contribution in [-0.2, 0) is 4.74 Å². The Morgan fingerprint density at radius 2 is 2.39 bits per heavy atom. The Balaban J connectivity index is 2.13. The Morgan fingerprint density at radius 1 is 1.56 bits per heavy atom. The lowest BCUT2D eigenvalue weighted by Gasteiger charge is -2.05. The van der Waals surface area contributed by atoms with Crippen molar-refractivity contribution in [1.29, 1.82) is 0 Å². The van der Waals surface area contributed by atoms with Crippen molar-refractivity contribution in [2.45, 2.75) is 6.92 Å². The molecule has 2 heterocycles. The molecule has 0 saturated heterocycles. The van der Waals surface area contributed by atoms with Crippen molar-refractivity contribution in [2.24, 2.45) is 0 Å². The highest BCUT2D eigenvalue weighted by molar-refractivity contribution is 7.14. The molecule has 2 rings (SSSR count). The van der Waals surface area contributed by atoms with Crippen molar-refractivity contribution >= 4 is 28.3 Å². The molecule has 2 aromatic heterocycles. The number of thiophene rings is 1. The first-order valence-electron chi connectivity index (χ1n) is 5.26. The maximum absolute atomic E-state index is 11.8. The van der Waals surface area contributed by atoms with Gasteiger partial charge < -0.3 is 4.74 Å². The van der Waals surface area contributed by atoms with Gasteiger partial charge in [0.25, 0.3) is 0 Å². The van der Waals surface area contributed by atoms with E-state index in [4.69, 9.17) is 4.74 Å². The average Bonchev–Trinajstić information content (AvgIpc) is 2.99. The Labute approximate surface area is 107 Å². The third kappa shape index (κ3) is 2.57. The monoisotopic (exact) mass is 265 g/mol. The molecule has 0 aliphatic rings. The molecular formula is C11H11N3O3S. The first-order chi connectivity index (χ1) is 8.72. The van der Waals surface area contributed by atoms with E-state index in [1.807, 2.05) is 0 Å². The fourth-order valence-corrected chi connectivity index (χ4v) is 2.08. The molecule has 0 aliphatic carbocycles. The fourth-order valence-electron chi connectivity index (χ4n) is 1.32. The van der Waals surface area contributed by atoms with Crippen LogP contribution in [0.25, 0.3) is 0 Å². The lowest BCUT2D eigenvalue weighted by atomic mass is 10.3. The number of hydrogen-bond acceptors (Lipinski definition) is 5. The lowest BCUT2D eigenvalue weighted by molar-refractivity contribution is 0.0528. The number of carbonyl (C=O) groups excluding carboxylic acids is 2. The van der Waals surface area contributed by atoms with Crippen LogP contribution in [0.3, 0.4) is 0 Å². The first kappa shape index (κ1) is 12.3. The van der Waals surface area contributed by atoms with Crippen LogP contribution in [0.1, 0.15) is 17.3 Å². The van der Waals surface area contributed by atoms with Crippen molar-refractivity contribution in [3.05, 3.63) is 35.7 Å². The van der Waals surface area contributed by atoms with Crippen molar-refractivity contribution in [2.75, 3.05) is 11.9 Å². The molecule has 6 nitrogen and oxygen atoms in total. The number of rotatable bonds is 3. The number of aromatic nitrogens is 2. The van der Waals surface area contributed by atoms with Gasteiger partial charge >= 0.3 is 12.0 Å². The van der Waals surface area contributed by atoms with Gasteiger partial charge in [0.15, 0.2) is 0 Å². The van der Waals surface area contributed by atoms with E-state index >= 15 is 0 Å². The van der Waals surface area contributed by atoms with Crippen molar-refractivity contribution in [3.63, 3.8) is 0 Å². The summed E-state index contributed by atoms with van der Waals surface area (Å²) in [5.41, 5.74) is 0.357. The van der Waals surface area contributed by atoms with Crippen LogP contribution in [0.5, 0.6) is 0 Å². The predicted molar refractivity (Wildman–Crippen MR) is 66.9 cm³/mol. The molecule has 0 atom stereocenters. The summed E-state index contributed by atoms with van der Waals surface area (Å²) in [6, 6.07) is 1.24. The zero-order chi connectivity index (χ0) is 13.0. The molecule has 0 fully saturated rings. The topological polar surface area (TPSA) is 73.2 Å². The Kier molecular flexibility index (Phi) is 3.73. The van der Waals surface area contributed by atoms with Crippen LogP contribution < -0.4 is 5.32 Å². The molecule has 0 aliphatic heterocycles. The van der Waals surface area contributed by atoms with Crippen molar-refractivity contribution < 1.29 is 14.3 Å². The van der Waals surface area contributed by atoms with Gasteiger partial charge in [0.2, 0.25) is 0 Å². The number of esters is 1. The van der Waals surface area contributed by atoms with E-state index < -0.39 is 5.97 Å². The molecular weight excluding hydrogens is 254 g/mol. The van der Waals surface area contributed by atoms with Gasteiger partial charge in [-0.05, 0) is 18.4 Å². The maximum Gasteiger partial charge on any atom is 0.341 e. The third-order valence-corrected chi connectivity index (χ3v) is 2.95. The number of amides is 1. The summed E-state index contributed by atoms with van der Waals surface area (Å²) in [4.78, 5) is 27.2. The van der Waals surface area contributed by atoms with E-state index in [0.29, 0.717) is 17.2 Å². The molecule has 1 amide bonds. The van der Waals surface area contributed by atoms with Crippen molar-refractivity contribution in [3.8, 4) is 0 Å². The zero-order valence-electron chi connectivity index (χ0n) is 9.62. The number of nitrogens with zero attached hydrogens (tertiary/aromatic N) is 2. The lowest BCUT2D eigenvalue weighted by Crippen LogP contribution is -2.18. The van der Waals surface area contributed by atoms with Gasteiger partial charge in [-0.2, -0.15) is 0 Å². The van der Waals surface area contributed by atoms with E-state index in [1.54, 1.807) is 18.4 Å². The molecule has 0 aromatic carbocycles. The minimum atomic E-state index is -0.445. The Hall–Kier alpha value is -2.15. The molecule has 0 saturated carbocycles. The number of ether oxygens (including phenoxy) is 1. The minimum Gasteiger partial charge on any atom is -0.462 e. The first-order valence-corrected chi connectivity index (χ1v) is 6.14. The van der Waals surface area contributed by atoms with Gasteiger partial charge in [-0.1, -0.05) is 0 Å². The normalized spacial score (nSPS) is 10.1. The molecule has 0 radical (unpaired) electrons. The highest BCUT2D eigenvalue weighted by Gasteiger charge is 2.16. The standard InChI is InChI=1S/C11H11N3O3S/c1-2-17-10(15)8-3-6-18-9(8)13-11(16)14-5-4-12-7-14/h3-7H,2H2,1H3,(H,13,16). The van der Waals surface area contributed by atoms with E-state index in [0.717, 1.165) is 0 Å². The molecule has 7 heteroatoms. The number of hydrogen-bond donors (Lipinski definition) is 1. The summed E-state index contributed by atoms with van der Waals surface area (Å²) >= 11 is 1.26. The molecule has 2 aromatic rings. The summed E-state index contributed by atoms with van der Waals surface area (Å²) in [7, 11) is 0. The molecule has 94 valence electrons. The van der Waals surface area contributed by atoms with Crippen LogP contribution in [0.4, 0.5) is 9.80 Å². The third-order valence-electron chi connectivity index (χ3n) is 2.12. The minimum absolute atomic E-state index is 0.295. The van der Waals surface area contributed by atoms with Gasteiger partial charge in [0.1, 0.15) is 11.3 Å². The second-order valence-corrected chi connectivity index (χ2v) is 4.20.